The Morgan fingerprint density at radius 3 is 2.75 bits per heavy atom. The molecule has 0 atom stereocenters. The van der Waals surface area contributed by atoms with Crippen molar-refractivity contribution in [1.82, 2.24) is 5.32 Å². The molecular formula is C12H15F2NO. The lowest BCUT2D eigenvalue weighted by molar-refractivity contribution is -0.0504. The van der Waals surface area contributed by atoms with E-state index in [4.69, 9.17) is 0 Å². The topological polar surface area (TPSA) is 21.3 Å². The number of alkyl halides is 2. The number of rotatable bonds is 6. The number of para-hydroxylation sites is 1. The van der Waals surface area contributed by atoms with Crippen LogP contribution in [0.25, 0.3) is 0 Å². The second kappa shape index (κ2) is 5.25. The molecule has 0 aliphatic heterocycles. The number of nitrogens with one attached hydrogen (secondary N) is 1. The fourth-order valence-electron chi connectivity index (χ4n) is 1.59. The van der Waals surface area contributed by atoms with E-state index in [-0.39, 0.29) is 5.75 Å². The zero-order valence-electron chi connectivity index (χ0n) is 8.96. The van der Waals surface area contributed by atoms with Crippen LogP contribution in [0, 0.1) is 5.92 Å². The summed E-state index contributed by atoms with van der Waals surface area (Å²) in [6.07, 6.45) is 2.56. The van der Waals surface area contributed by atoms with Crippen molar-refractivity contribution in [2.45, 2.75) is 26.0 Å². The maximum atomic E-state index is 12.1. The van der Waals surface area contributed by atoms with Crippen LogP contribution in [0.1, 0.15) is 18.4 Å². The van der Waals surface area contributed by atoms with Gasteiger partial charge >= 0.3 is 6.61 Å². The largest absolute Gasteiger partial charge is 0.434 e. The maximum Gasteiger partial charge on any atom is 0.387 e. The van der Waals surface area contributed by atoms with Gasteiger partial charge < -0.3 is 10.1 Å². The predicted octanol–water partition coefficient (Wildman–Crippen LogP) is 2.79. The molecule has 1 fully saturated rings. The smallest absolute Gasteiger partial charge is 0.387 e. The van der Waals surface area contributed by atoms with Gasteiger partial charge in [0.25, 0.3) is 0 Å². The van der Waals surface area contributed by atoms with E-state index in [0.717, 1.165) is 18.0 Å². The average molecular weight is 227 g/mol. The highest BCUT2D eigenvalue weighted by atomic mass is 19.3. The van der Waals surface area contributed by atoms with Crippen LogP contribution >= 0.6 is 0 Å². The first-order chi connectivity index (χ1) is 7.75. The molecule has 2 nitrogen and oxygen atoms in total. The van der Waals surface area contributed by atoms with Crippen molar-refractivity contribution in [1.29, 1.82) is 0 Å². The third-order valence-corrected chi connectivity index (χ3v) is 2.63. The van der Waals surface area contributed by atoms with Gasteiger partial charge in [-0.05, 0) is 31.4 Å². The van der Waals surface area contributed by atoms with Gasteiger partial charge in [-0.15, -0.1) is 0 Å². The van der Waals surface area contributed by atoms with Crippen molar-refractivity contribution in [3.8, 4) is 5.75 Å². The van der Waals surface area contributed by atoms with E-state index < -0.39 is 6.61 Å². The number of ether oxygens (including phenoxy) is 1. The first kappa shape index (κ1) is 11.3. The third kappa shape index (κ3) is 3.45. The van der Waals surface area contributed by atoms with Crippen LogP contribution in [-0.2, 0) is 6.54 Å². The number of benzene rings is 1. The van der Waals surface area contributed by atoms with Crippen LogP contribution in [0.4, 0.5) is 8.78 Å². The van der Waals surface area contributed by atoms with Gasteiger partial charge in [0.2, 0.25) is 0 Å². The van der Waals surface area contributed by atoms with Crippen LogP contribution < -0.4 is 10.1 Å². The molecule has 1 aliphatic carbocycles. The van der Waals surface area contributed by atoms with E-state index in [1.807, 2.05) is 6.07 Å². The Kier molecular flexibility index (Phi) is 3.72. The molecule has 1 aromatic carbocycles. The Hall–Kier alpha value is -1.16. The van der Waals surface area contributed by atoms with Crippen LogP contribution in [0.5, 0.6) is 5.75 Å². The molecule has 16 heavy (non-hydrogen) atoms. The molecule has 2 rings (SSSR count). The van der Waals surface area contributed by atoms with Gasteiger partial charge in [0.15, 0.2) is 0 Å². The lowest BCUT2D eigenvalue weighted by atomic mass is 10.2. The molecule has 0 unspecified atom stereocenters. The Labute approximate surface area is 93.6 Å². The fourth-order valence-corrected chi connectivity index (χ4v) is 1.59. The third-order valence-electron chi connectivity index (χ3n) is 2.63. The quantitative estimate of drug-likeness (QED) is 0.806. The van der Waals surface area contributed by atoms with E-state index in [0.29, 0.717) is 6.54 Å². The molecule has 0 saturated heterocycles. The molecule has 1 aliphatic rings. The monoisotopic (exact) mass is 227 g/mol. The summed E-state index contributed by atoms with van der Waals surface area (Å²) in [5.41, 5.74) is 0.781. The zero-order chi connectivity index (χ0) is 11.4. The van der Waals surface area contributed by atoms with E-state index in [1.165, 1.54) is 12.8 Å². The summed E-state index contributed by atoms with van der Waals surface area (Å²) in [5, 5.41) is 3.25. The van der Waals surface area contributed by atoms with Crippen molar-refractivity contribution in [3.05, 3.63) is 29.8 Å². The van der Waals surface area contributed by atoms with Crippen LogP contribution in [0.3, 0.4) is 0 Å². The summed E-state index contributed by atoms with van der Waals surface area (Å²) in [6, 6.07) is 6.90. The zero-order valence-corrected chi connectivity index (χ0v) is 8.96. The average Bonchev–Trinajstić information content (AvgIpc) is 3.04. The Morgan fingerprint density at radius 1 is 1.31 bits per heavy atom. The van der Waals surface area contributed by atoms with Gasteiger partial charge in [0.05, 0.1) is 0 Å². The maximum absolute atomic E-state index is 12.1. The van der Waals surface area contributed by atoms with Crippen LogP contribution in [0.2, 0.25) is 0 Å². The molecule has 1 saturated carbocycles. The second-order valence-electron chi connectivity index (χ2n) is 4.06. The van der Waals surface area contributed by atoms with E-state index >= 15 is 0 Å². The second-order valence-corrected chi connectivity index (χ2v) is 4.06. The summed E-state index contributed by atoms with van der Waals surface area (Å²) >= 11 is 0. The van der Waals surface area contributed by atoms with Gasteiger partial charge in [-0.1, -0.05) is 18.2 Å². The number of halogens is 2. The standard InChI is InChI=1S/C12H15F2NO/c13-12(14)16-11-4-2-1-3-10(11)8-15-7-9-5-6-9/h1-4,9,12,15H,5-8H2. The predicted molar refractivity (Wildman–Crippen MR) is 57.5 cm³/mol. The van der Waals surface area contributed by atoms with Gasteiger partial charge in [-0.3, -0.25) is 0 Å². The summed E-state index contributed by atoms with van der Waals surface area (Å²) in [4.78, 5) is 0. The van der Waals surface area contributed by atoms with Crippen molar-refractivity contribution < 1.29 is 13.5 Å². The van der Waals surface area contributed by atoms with E-state index in [1.54, 1.807) is 18.2 Å². The minimum atomic E-state index is -2.76. The minimum absolute atomic E-state index is 0.265. The lowest BCUT2D eigenvalue weighted by Gasteiger charge is -2.10. The molecule has 4 heteroatoms. The normalized spacial score (nSPS) is 15.4. The molecule has 0 amide bonds. The van der Waals surface area contributed by atoms with Gasteiger partial charge in [0, 0.05) is 12.1 Å². The molecule has 0 aromatic heterocycles. The SMILES string of the molecule is FC(F)Oc1ccccc1CNCC1CC1. The summed E-state index contributed by atoms with van der Waals surface area (Å²) < 4.78 is 28.7. The highest BCUT2D eigenvalue weighted by molar-refractivity contribution is 5.33. The van der Waals surface area contributed by atoms with Gasteiger partial charge in [-0.25, -0.2) is 0 Å². The van der Waals surface area contributed by atoms with Gasteiger partial charge in [-0.2, -0.15) is 8.78 Å². The fraction of sp³-hybridized carbons (Fsp3) is 0.500. The van der Waals surface area contributed by atoms with E-state index in [9.17, 15) is 8.78 Å². The number of hydrogen-bond donors (Lipinski definition) is 1. The van der Waals surface area contributed by atoms with Crippen molar-refractivity contribution >= 4 is 0 Å². The minimum Gasteiger partial charge on any atom is -0.434 e. The first-order valence-electron chi connectivity index (χ1n) is 5.49. The first-order valence-corrected chi connectivity index (χ1v) is 5.49. The summed E-state index contributed by atoms with van der Waals surface area (Å²) in [7, 11) is 0. The Morgan fingerprint density at radius 2 is 2.06 bits per heavy atom. The molecule has 1 N–H and O–H groups in total. The molecule has 0 bridgehead atoms. The van der Waals surface area contributed by atoms with Gasteiger partial charge in [0.1, 0.15) is 5.75 Å². The lowest BCUT2D eigenvalue weighted by Crippen LogP contribution is -2.17. The molecule has 0 radical (unpaired) electrons. The van der Waals surface area contributed by atoms with Crippen molar-refractivity contribution in [2.75, 3.05) is 6.54 Å². The molecule has 1 aromatic rings. The van der Waals surface area contributed by atoms with E-state index in [2.05, 4.69) is 10.1 Å². The summed E-state index contributed by atoms with van der Waals surface area (Å²) in [6.45, 7) is -1.22. The van der Waals surface area contributed by atoms with Crippen LogP contribution in [-0.4, -0.2) is 13.2 Å². The molecule has 0 heterocycles. The van der Waals surface area contributed by atoms with Crippen molar-refractivity contribution in [3.63, 3.8) is 0 Å². The van der Waals surface area contributed by atoms with Crippen molar-refractivity contribution in [2.24, 2.45) is 5.92 Å². The summed E-state index contributed by atoms with van der Waals surface area (Å²) in [5.74, 6) is 1.05. The Bertz CT molecular complexity index is 340. The van der Waals surface area contributed by atoms with Crippen LogP contribution in [0.15, 0.2) is 24.3 Å². The molecule has 0 spiro atoms. The Balaban J connectivity index is 1.89. The number of hydrogen-bond acceptors (Lipinski definition) is 2. The highest BCUT2D eigenvalue weighted by Gasteiger charge is 2.20. The molecular weight excluding hydrogens is 212 g/mol. The molecule has 88 valence electrons. The highest BCUT2D eigenvalue weighted by Crippen LogP contribution is 2.28.